The summed E-state index contributed by atoms with van der Waals surface area (Å²) in [7, 11) is 1.81. The first-order chi connectivity index (χ1) is 8.65. The summed E-state index contributed by atoms with van der Waals surface area (Å²) in [6.07, 6.45) is 0. The summed E-state index contributed by atoms with van der Waals surface area (Å²) < 4.78 is 7.05. The molecule has 0 saturated heterocycles. The minimum atomic E-state index is 0.355. The molecule has 0 aliphatic heterocycles. The molecule has 0 aliphatic carbocycles. The van der Waals surface area contributed by atoms with Gasteiger partial charge in [-0.05, 0) is 25.1 Å². The molecule has 2 aromatic rings. The number of ether oxygens (including phenoxy) is 1. The fourth-order valence-electron chi connectivity index (χ4n) is 1.63. The number of aryl methyl sites for hydroxylation is 1. The molecule has 0 spiro atoms. The van der Waals surface area contributed by atoms with Crippen LogP contribution in [0, 0.1) is 0 Å². The third-order valence-corrected chi connectivity index (χ3v) is 2.82. The molecule has 0 fully saturated rings. The van der Waals surface area contributed by atoms with Gasteiger partial charge in [-0.3, -0.25) is 4.68 Å². The lowest BCUT2D eigenvalue weighted by atomic mass is 10.2. The van der Waals surface area contributed by atoms with Gasteiger partial charge in [-0.15, -0.1) is 0 Å². The third kappa shape index (κ3) is 2.47. The zero-order chi connectivity index (χ0) is 13.1. The topological polar surface area (TPSA) is 66.0 Å². The summed E-state index contributed by atoms with van der Waals surface area (Å²) in [5, 5.41) is 4.85. The van der Waals surface area contributed by atoms with E-state index in [0.717, 1.165) is 11.4 Å². The molecule has 1 aromatic carbocycles. The number of hydrogen-bond donors (Lipinski definition) is 1. The molecular weight excluding hydrogens is 252 g/mol. The number of nitrogens with zero attached hydrogens (tertiary/aromatic N) is 3. The van der Waals surface area contributed by atoms with E-state index in [1.165, 1.54) is 0 Å². The number of halogens is 1. The first-order valence-electron chi connectivity index (χ1n) is 5.68. The Morgan fingerprint density at radius 3 is 2.78 bits per heavy atom. The lowest BCUT2D eigenvalue weighted by molar-refractivity contribution is 0.340. The van der Waals surface area contributed by atoms with E-state index in [-0.39, 0.29) is 0 Å². The minimum Gasteiger partial charge on any atom is -0.492 e. The van der Waals surface area contributed by atoms with Gasteiger partial charge in [0.2, 0.25) is 0 Å². The van der Waals surface area contributed by atoms with Crippen LogP contribution in [0.4, 0.5) is 0 Å². The van der Waals surface area contributed by atoms with Crippen molar-refractivity contribution < 1.29 is 4.74 Å². The van der Waals surface area contributed by atoms with Gasteiger partial charge in [-0.25, -0.2) is 4.98 Å². The second-order valence-electron chi connectivity index (χ2n) is 3.76. The molecule has 2 rings (SSSR count). The molecule has 0 bridgehead atoms. The van der Waals surface area contributed by atoms with Crippen LogP contribution in [0.5, 0.6) is 5.75 Å². The number of hydrogen-bond acceptors (Lipinski definition) is 4. The van der Waals surface area contributed by atoms with Gasteiger partial charge in [0.1, 0.15) is 11.6 Å². The van der Waals surface area contributed by atoms with Crippen LogP contribution < -0.4 is 10.5 Å². The van der Waals surface area contributed by atoms with E-state index in [1.54, 1.807) is 10.7 Å². The average Bonchev–Trinajstić information content (AvgIpc) is 2.73. The number of benzene rings is 1. The van der Waals surface area contributed by atoms with Crippen molar-refractivity contribution in [2.75, 3.05) is 6.61 Å². The molecule has 0 unspecified atom stereocenters. The van der Waals surface area contributed by atoms with Gasteiger partial charge in [-0.2, -0.15) is 5.10 Å². The largest absolute Gasteiger partial charge is 0.492 e. The molecule has 0 radical (unpaired) electrons. The molecule has 6 heteroatoms. The van der Waals surface area contributed by atoms with Crippen molar-refractivity contribution in [3.05, 3.63) is 29.0 Å². The molecule has 96 valence electrons. The Morgan fingerprint density at radius 1 is 1.44 bits per heavy atom. The molecule has 0 atom stereocenters. The molecule has 2 N–H and O–H groups in total. The predicted octanol–water partition coefficient (Wildman–Crippen LogP) is 1.99. The Kier molecular flexibility index (Phi) is 3.84. The quantitative estimate of drug-likeness (QED) is 0.919. The Morgan fingerprint density at radius 2 is 2.22 bits per heavy atom. The number of rotatable bonds is 4. The van der Waals surface area contributed by atoms with Crippen molar-refractivity contribution in [2.24, 2.45) is 12.8 Å². The Hall–Kier alpha value is -1.59. The van der Waals surface area contributed by atoms with Crippen LogP contribution in [0.25, 0.3) is 11.4 Å². The summed E-state index contributed by atoms with van der Waals surface area (Å²) in [4.78, 5) is 4.34. The summed E-state index contributed by atoms with van der Waals surface area (Å²) in [5.74, 6) is 2.01. The first kappa shape index (κ1) is 12.9. The van der Waals surface area contributed by atoms with Crippen LogP contribution in [-0.4, -0.2) is 21.4 Å². The fraction of sp³-hybridized carbons (Fsp3) is 0.333. The van der Waals surface area contributed by atoms with Gasteiger partial charge < -0.3 is 10.5 Å². The van der Waals surface area contributed by atoms with E-state index in [4.69, 9.17) is 22.1 Å². The summed E-state index contributed by atoms with van der Waals surface area (Å²) in [6, 6.07) is 5.49. The van der Waals surface area contributed by atoms with Crippen molar-refractivity contribution in [1.82, 2.24) is 14.8 Å². The minimum absolute atomic E-state index is 0.355. The van der Waals surface area contributed by atoms with Gasteiger partial charge in [0.15, 0.2) is 5.82 Å². The van der Waals surface area contributed by atoms with E-state index in [1.807, 2.05) is 26.1 Å². The highest BCUT2D eigenvalue weighted by Crippen LogP contribution is 2.29. The highest BCUT2D eigenvalue weighted by Gasteiger charge is 2.10. The second kappa shape index (κ2) is 5.37. The van der Waals surface area contributed by atoms with Crippen LogP contribution in [0.2, 0.25) is 5.02 Å². The summed E-state index contributed by atoms with van der Waals surface area (Å²) in [5.41, 5.74) is 6.41. The molecular formula is C12H15ClN4O. The van der Waals surface area contributed by atoms with E-state index in [9.17, 15) is 0 Å². The maximum Gasteiger partial charge on any atom is 0.181 e. The molecule has 1 aromatic heterocycles. The Balaban J connectivity index is 2.35. The highest BCUT2D eigenvalue weighted by molar-refractivity contribution is 6.32. The van der Waals surface area contributed by atoms with Gasteiger partial charge in [0.25, 0.3) is 0 Å². The molecule has 0 aliphatic rings. The first-order valence-corrected chi connectivity index (χ1v) is 6.06. The zero-order valence-electron chi connectivity index (χ0n) is 10.4. The number of nitrogens with two attached hydrogens (primary N) is 1. The lowest BCUT2D eigenvalue weighted by Gasteiger charge is -2.05. The Bertz CT molecular complexity index is 553. The fourth-order valence-corrected chi connectivity index (χ4v) is 1.86. The van der Waals surface area contributed by atoms with Crippen molar-refractivity contribution in [3.63, 3.8) is 0 Å². The van der Waals surface area contributed by atoms with E-state index in [0.29, 0.717) is 29.7 Å². The van der Waals surface area contributed by atoms with E-state index < -0.39 is 0 Å². The van der Waals surface area contributed by atoms with Gasteiger partial charge in [0.05, 0.1) is 18.2 Å². The van der Waals surface area contributed by atoms with Crippen LogP contribution in [-0.2, 0) is 13.6 Å². The van der Waals surface area contributed by atoms with Gasteiger partial charge >= 0.3 is 0 Å². The van der Waals surface area contributed by atoms with E-state index in [2.05, 4.69) is 10.1 Å². The van der Waals surface area contributed by atoms with Crippen molar-refractivity contribution in [1.29, 1.82) is 0 Å². The highest BCUT2D eigenvalue weighted by atomic mass is 35.5. The molecule has 5 nitrogen and oxygen atoms in total. The van der Waals surface area contributed by atoms with Gasteiger partial charge in [0, 0.05) is 12.6 Å². The van der Waals surface area contributed by atoms with Gasteiger partial charge in [-0.1, -0.05) is 11.6 Å². The smallest absolute Gasteiger partial charge is 0.181 e. The molecule has 0 saturated carbocycles. The zero-order valence-corrected chi connectivity index (χ0v) is 11.1. The van der Waals surface area contributed by atoms with Crippen LogP contribution in [0.3, 0.4) is 0 Å². The van der Waals surface area contributed by atoms with Crippen LogP contribution in [0.1, 0.15) is 12.7 Å². The average molecular weight is 267 g/mol. The molecule has 0 amide bonds. The molecule has 1 heterocycles. The SMILES string of the molecule is CCOc1ccc(-c2nc(CN)n(C)n2)cc1Cl. The van der Waals surface area contributed by atoms with Crippen molar-refractivity contribution in [3.8, 4) is 17.1 Å². The van der Waals surface area contributed by atoms with Crippen LogP contribution >= 0.6 is 11.6 Å². The summed E-state index contributed by atoms with van der Waals surface area (Å²) >= 11 is 6.13. The monoisotopic (exact) mass is 266 g/mol. The standard InChI is InChI=1S/C12H15ClN4O/c1-3-18-10-5-4-8(6-9(10)13)12-15-11(7-14)17(2)16-12/h4-6H,3,7,14H2,1-2H3. The predicted molar refractivity (Wildman–Crippen MR) is 70.5 cm³/mol. The van der Waals surface area contributed by atoms with Crippen molar-refractivity contribution >= 4 is 11.6 Å². The number of aromatic nitrogens is 3. The third-order valence-electron chi connectivity index (χ3n) is 2.53. The Labute approximate surface area is 111 Å². The normalized spacial score (nSPS) is 10.7. The second-order valence-corrected chi connectivity index (χ2v) is 4.16. The maximum absolute atomic E-state index is 6.13. The molecule has 18 heavy (non-hydrogen) atoms. The van der Waals surface area contributed by atoms with Crippen molar-refractivity contribution in [2.45, 2.75) is 13.5 Å². The maximum atomic E-state index is 6.13. The van der Waals surface area contributed by atoms with E-state index >= 15 is 0 Å². The lowest BCUT2D eigenvalue weighted by Crippen LogP contribution is -2.05. The van der Waals surface area contributed by atoms with Crippen LogP contribution in [0.15, 0.2) is 18.2 Å². The summed E-state index contributed by atoms with van der Waals surface area (Å²) in [6.45, 7) is 2.85.